The van der Waals surface area contributed by atoms with Crippen LogP contribution >= 0.6 is 0 Å². The topological polar surface area (TPSA) is 129 Å². The molecule has 1 fully saturated rings. The zero-order chi connectivity index (χ0) is 35.5. The molecule has 11 nitrogen and oxygen atoms in total. The number of rotatable bonds is 7. The number of hydrogen-bond acceptors (Lipinski definition) is 7. The molecule has 1 aromatic heterocycles. The molecule has 6 rings (SSSR count). The molecule has 1 N–H and O–H groups in total. The highest BCUT2D eigenvalue weighted by Crippen LogP contribution is 2.42. The summed E-state index contributed by atoms with van der Waals surface area (Å²) in [6.07, 6.45) is -3.16. The highest BCUT2D eigenvalue weighted by atomic mass is 19.4. The molecular formula is C34H33BF3N5O6. The third-order valence-corrected chi connectivity index (χ3v) is 9.36. The van der Waals surface area contributed by atoms with E-state index in [1.54, 1.807) is 29.8 Å². The summed E-state index contributed by atoms with van der Waals surface area (Å²) < 4.78 is 54.4. The summed E-state index contributed by atoms with van der Waals surface area (Å²) >= 11 is 0. The molecule has 254 valence electrons. The summed E-state index contributed by atoms with van der Waals surface area (Å²) in [6, 6.07) is 15.5. The number of amides is 2. The zero-order valence-corrected chi connectivity index (χ0v) is 27.3. The number of benzene rings is 3. The van der Waals surface area contributed by atoms with Crippen molar-refractivity contribution in [3.8, 4) is 5.69 Å². The fourth-order valence-corrected chi connectivity index (χ4v) is 6.13. The van der Waals surface area contributed by atoms with Gasteiger partial charge >= 0.3 is 13.3 Å². The molecule has 49 heavy (non-hydrogen) atoms. The normalized spacial score (nSPS) is 19.9. The first-order valence-electron chi connectivity index (χ1n) is 15.6. The van der Waals surface area contributed by atoms with Gasteiger partial charge in [0.15, 0.2) is 0 Å². The molecular weight excluding hydrogens is 642 g/mol. The van der Waals surface area contributed by atoms with Crippen LogP contribution in [0.5, 0.6) is 0 Å². The highest BCUT2D eigenvalue weighted by molar-refractivity contribution is 6.62. The zero-order valence-electron chi connectivity index (χ0n) is 27.3. The summed E-state index contributed by atoms with van der Waals surface area (Å²) in [5.41, 5.74) is -0.634. The number of nitrogens with zero attached hydrogens (tertiary/aromatic N) is 4. The van der Waals surface area contributed by atoms with Gasteiger partial charge in [-0.1, -0.05) is 30.3 Å². The van der Waals surface area contributed by atoms with E-state index in [9.17, 15) is 32.9 Å². The number of fused-ring (bicyclic) bond motifs is 1. The molecule has 0 radical (unpaired) electrons. The molecule has 2 amide bonds. The van der Waals surface area contributed by atoms with Gasteiger partial charge in [-0.25, -0.2) is 4.68 Å². The van der Waals surface area contributed by atoms with Crippen molar-refractivity contribution in [2.24, 2.45) is 0 Å². The maximum atomic E-state index is 14.3. The Balaban J connectivity index is 1.45. The van der Waals surface area contributed by atoms with E-state index >= 15 is 0 Å². The molecule has 4 aromatic rings. The summed E-state index contributed by atoms with van der Waals surface area (Å²) in [4.78, 5) is 40.4. The van der Waals surface area contributed by atoms with E-state index < -0.39 is 58.8 Å². The van der Waals surface area contributed by atoms with Gasteiger partial charge in [0.05, 0.1) is 33.6 Å². The first kappa shape index (κ1) is 33.9. The number of nitrogens with one attached hydrogen (secondary N) is 1. The van der Waals surface area contributed by atoms with Gasteiger partial charge in [0, 0.05) is 35.7 Å². The van der Waals surface area contributed by atoms with Gasteiger partial charge in [-0.05, 0) is 76.0 Å². The van der Waals surface area contributed by atoms with E-state index in [0.717, 1.165) is 12.1 Å². The predicted molar refractivity (Wildman–Crippen MR) is 175 cm³/mol. The van der Waals surface area contributed by atoms with Crippen molar-refractivity contribution in [1.82, 2.24) is 15.1 Å². The maximum absolute atomic E-state index is 14.3. The van der Waals surface area contributed by atoms with Gasteiger partial charge in [-0.2, -0.15) is 18.3 Å². The van der Waals surface area contributed by atoms with Crippen LogP contribution in [0.15, 0.2) is 79.0 Å². The van der Waals surface area contributed by atoms with Crippen LogP contribution in [-0.4, -0.2) is 57.4 Å². The Hall–Kier alpha value is -5.02. The highest BCUT2D eigenvalue weighted by Gasteiger charge is 2.52. The van der Waals surface area contributed by atoms with Gasteiger partial charge in [0.1, 0.15) is 11.9 Å². The van der Waals surface area contributed by atoms with E-state index in [1.165, 1.54) is 35.4 Å². The molecule has 0 aliphatic carbocycles. The van der Waals surface area contributed by atoms with Crippen molar-refractivity contribution in [1.29, 1.82) is 0 Å². The van der Waals surface area contributed by atoms with E-state index in [0.29, 0.717) is 34.2 Å². The first-order valence-corrected chi connectivity index (χ1v) is 15.6. The largest absolute Gasteiger partial charge is 0.494 e. The summed E-state index contributed by atoms with van der Waals surface area (Å²) in [5, 5.41) is 19.0. The number of carbonyl (C=O) groups excluding carboxylic acids is 2. The molecule has 2 aliphatic rings. The average Bonchev–Trinajstić information content (AvgIpc) is 3.58. The molecule has 0 bridgehead atoms. The smallest absolute Gasteiger partial charge is 0.399 e. The van der Waals surface area contributed by atoms with Gasteiger partial charge in [-0.3, -0.25) is 24.6 Å². The lowest BCUT2D eigenvalue weighted by Crippen LogP contribution is -2.55. The minimum atomic E-state index is -4.69. The van der Waals surface area contributed by atoms with Crippen LogP contribution in [0.1, 0.15) is 67.6 Å². The Morgan fingerprint density at radius 2 is 1.69 bits per heavy atom. The molecule has 2 atom stereocenters. The number of hydrogen-bond donors (Lipinski definition) is 1. The lowest BCUT2D eigenvalue weighted by atomic mass is 9.79. The van der Waals surface area contributed by atoms with Crippen molar-refractivity contribution in [2.45, 2.75) is 64.0 Å². The number of non-ortho nitro benzene ring substituents is 1. The minimum absolute atomic E-state index is 0.145. The third kappa shape index (κ3) is 6.08. The Morgan fingerprint density at radius 1 is 1.02 bits per heavy atom. The molecule has 0 unspecified atom stereocenters. The van der Waals surface area contributed by atoms with Crippen LogP contribution in [0.4, 0.5) is 24.7 Å². The molecule has 15 heteroatoms. The number of anilines is 1. The second kappa shape index (κ2) is 12.1. The Morgan fingerprint density at radius 3 is 2.35 bits per heavy atom. The van der Waals surface area contributed by atoms with E-state index in [-0.39, 0.29) is 17.8 Å². The molecule has 0 saturated carbocycles. The van der Waals surface area contributed by atoms with Crippen molar-refractivity contribution in [3.63, 3.8) is 0 Å². The lowest BCUT2D eigenvalue weighted by molar-refractivity contribution is -0.384. The SMILES string of the molecule is CCN1C(=O)[C@@H](NC(=O)c2cccc(C(F)(F)F)c2)[C@H](c2cccc([N+](=O)[O-])c2)c2cnn(-c3cccc(B4OC(C)(C)C(C)(C)O4)c3)c21. The van der Waals surface area contributed by atoms with Crippen molar-refractivity contribution in [2.75, 3.05) is 11.4 Å². The van der Waals surface area contributed by atoms with Gasteiger partial charge in [-0.15, -0.1) is 0 Å². The van der Waals surface area contributed by atoms with Gasteiger partial charge in [0.2, 0.25) is 0 Å². The molecule has 2 aliphatic heterocycles. The number of nitro benzene ring substituents is 1. The molecule has 1 saturated heterocycles. The summed E-state index contributed by atoms with van der Waals surface area (Å²) in [6.45, 7) is 9.66. The predicted octanol–water partition coefficient (Wildman–Crippen LogP) is 5.40. The molecule has 0 spiro atoms. The van der Waals surface area contributed by atoms with Crippen LogP contribution in [0.2, 0.25) is 0 Å². The second-order valence-electron chi connectivity index (χ2n) is 13.0. The average molecular weight is 675 g/mol. The third-order valence-electron chi connectivity index (χ3n) is 9.36. The number of alkyl halides is 3. The number of nitro groups is 1. The fourth-order valence-electron chi connectivity index (χ4n) is 6.13. The van der Waals surface area contributed by atoms with Crippen molar-refractivity contribution in [3.05, 3.63) is 111 Å². The summed E-state index contributed by atoms with van der Waals surface area (Å²) in [5.74, 6) is -2.10. The lowest BCUT2D eigenvalue weighted by Gasteiger charge is -2.38. The molecule has 3 heterocycles. The van der Waals surface area contributed by atoms with Gasteiger partial charge < -0.3 is 14.6 Å². The standard InChI is InChI=1S/C34H33BF3N5O6/c1-6-41-30-26(19-39-42(30)24-14-9-13-23(18-24)35-48-32(2,3)33(4,5)49-35)27(20-10-8-15-25(17-20)43(46)47)28(31(41)45)40-29(44)21-11-7-12-22(16-21)34(36,37)38/h7-19,27-28H,6H2,1-5H3,(H,40,44)/t27-,28+/m1/s1. The first-order chi connectivity index (χ1) is 23.0. The van der Waals surface area contributed by atoms with Crippen molar-refractivity contribution >= 4 is 35.9 Å². The number of aromatic nitrogens is 2. The Bertz CT molecular complexity index is 1950. The van der Waals surface area contributed by atoms with Crippen LogP contribution in [0, 0.1) is 10.1 Å². The quantitative estimate of drug-likeness (QED) is 0.158. The maximum Gasteiger partial charge on any atom is 0.494 e. The van der Waals surface area contributed by atoms with Crippen LogP contribution < -0.4 is 15.7 Å². The number of carbonyl (C=O) groups is 2. The fraction of sp³-hybridized carbons (Fsp3) is 0.324. The number of likely N-dealkylation sites (N-methyl/N-ethyl adjacent to an activating group) is 1. The van der Waals surface area contributed by atoms with E-state index in [1.807, 2.05) is 39.8 Å². The molecule has 3 aromatic carbocycles. The van der Waals surface area contributed by atoms with E-state index in [4.69, 9.17) is 9.31 Å². The number of halogens is 3. The minimum Gasteiger partial charge on any atom is -0.399 e. The van der Waals surface area contributed by atoms with Crippen molar-refractivity contribution < 1.29 is 37.0 Å². The Kier molecular flexibility index (Phi) is 8.40. The van der Waals surface area contributed by atoms with Gasteiger partial charge in [0.25, 0.3) is 17.5 Å². The van der Waals surface area contributed by atoms with Crippen LogP contribution in [-0.2, 0) is 20.3 Å². The Labute approximate surface area is 280 Å². The van der Waals surface area contributed by atoms with E-state index in [2.05, 4.69) is 10.4 Å². The van der Waals surface area contributed by atoms with Crippen LogP contribution in [0.3, 0.4) is 0 Å². The summed E-state index contributed by atoms with van der Waals surface area (Å²) in [7, 11) is -0.673. The second-order valence-corrected chi connectivity index (χ2v) is 13.0. The van der Waals surface area contributed by atoms with Crippen LogP contribution in [0.25, 0.3) is 5.69 Å². The monoisotopic (exact) mass is 675 g/mol.